The predicted molar refractivity (Wildman–Crippen MR) is 58.7 cm³/mol. The molecule has 0 unspecified atom stereocenters. The highest BCUT2D eigenvalue weighted by molar-refractivity contribution is 7.87. The Kier molecular flexibility index (Phi) is 4.14. The van der Waals surface area contributed by atoms with E-state index in [-0.39, 0.29) is 12.1 Å². The maximum atomic E-state index is 11.5. The maximum absolute atomic E-state index is 11.5. The Morgan fingerprint density at radius 1 is 1.33 bits per heavy atom. The molecule has 0 aromatic carbocycles. The molecule has 6 nitrogen and oxygen atoms in total. The van der Waals surface area contributed by atoms with Gasteiger partial charge in [-0.1, -0.05) is 4.49 Å². The van der Waals surface area contributed by atoms with Crippen LogP contribution in [0.2, 0.25) is 0 Å². The molecule has 0 aliphatic rings. The fraction of sp³-hybridized carbons (Fsp3) is 0.714. The SMILES string of the molecule is CC(C)NS(=O)(=O)N[C@@H](C)c1csnn1. The van der Waals surface area contributed by atoms with Crippen LogP contribution in [0.15, 0.2) is 5.38 Å². The van der Waals surface area contributed by atoms with Gasteiger partial charge in [-0.3, -0.25) is 0 Å². The van der Waals surface area contributed by atoms with Crippen LogP contribution in [0, 0.1) is 0 Å². The average molecular weight is 250 g/mol. The minimum Gasteiger partial charge on any atom is -0.200 e. The van der Waals surface area contributed by atoms with Crippen molar-refractivity contribution in [2.24, 2.45) is 0 Å². The van der Waals surface area contributed by atoms with Crippen molar-refractivity contribution in [3.05, 3.63) is 11.1 Å². The summed E-state index contributed by atoms with van der Waals surface area (Å²) < 4.78 is 31.5. The highest BCUT2D eigenvalue weighted by Gasteiger charge is 2.17. The molecule has 0 fully saturated rings. The summed E-state index contributed by atoms with van der Waals surface area (Å²) in [7, 11) is -3.47. The molecule has 0 spiro atoms. The molecule has 86 valence electrons. The summed E-state index contributed by atoms with van der Waals surface area (Å²) in [5, 5.41) is 5.50. The van der Waals surface area contributed by atoms with E-state index in [0.29, 0.717) is 5.69 Å². The molecule has 1 aromatic heterocycles. The third-order valence-electron chi connectivity index (χ3n) is 1.54. The monoisotopic (exact) mass is 250 g/mol. The topological polar surface area (TPSA) is 84.0 Å². The Bertz CT molecular complexity index is 387. The molecule has 1 heterocycles. The van der Waals surface area contributed by atoms with Crippen LogP contribution in [0.1, 0.15) is 32.5 Å². The molecule has 2 N–H and O–H groups in total. The maximum Gasteiger partial charge on any atom is 0.277 e. The van der Waals surface area contributed by atoms with Crippen LogP contribution in [0.25, 0.3) is 0 Å². The van der Waals surface area contributed by atoms with Crippen LogP contribution >= 0.6 is 11.5 Å². The van der Waals surface area contributed by atoms with Gasteiger partial charge < -0.3 is 0 Å². The first-order valence-electron chi connectivity index (χ1n) is 4.47. The van der Waals surface area contributed by atoms with Crippen molar-refractivity contribution < 1.29 is 8.42 Å². The first kappa shape index (κ1) is 12.5. The van der Waals surface area contributed by atoms with Crippen molar-refractivity contribution in [3.63, 3.8) is 0 Å². The van der Waals surface area contributed by atoms with E-state index in [1.54, 1.807) is 26.2 Å². The smallest absolute Gasteiger partial charge is 0.200 e. The van der Waals surface area contributed by atoms with E-state index in [0.717, 1.165) is 0 Å². The molecule has 8 heteroatoms. The molecule has 0 saturated carbocycles. The van der Waals surface area contributed by atoms with Crippen molar-refractivity contribution in [3.8, 4) is 0 Å². The fourth-order valence-corrected chi connectivity index (χ4v) is 2.82. The lowest BCUT2D eigenvalue weighted by Gasteiger charge is -2.14. The Balaban J connectivity index is 2.62. The van der Waals surface area contributed by atoms with Crippen LogP contribution in [0.4, 0.5) is 0 Å². The van der Waals surface area contributed by atoms with Gasteiger partial charge >= 0.3 is 0 Å². The van der Waals surface area contributed by atoms with Gasteiger partial charge in [0.2, 0.25) is 0 Å². The standard InChI is InChI=1S/C7H14N4O2S2/c1-5(2)9-15(12,13)10-6(3)7-4-14-11-8-7/h4-6,9-10H,1-3H3/t6-/m0/s1. The van der Waals surface area contributed by atoms with Crippen molar-refractivity contribution in [2.75, 3.05) is 0 Å². The highest BCUT2D eigenvalue weighted by atomic mass is 32.2. The van der Waals surface area contributed by atoms with Crippen molar-refractivity contribution in [1.29, 1.82) is 0 Å². The van der Waals surface area contributed by atoms with Gasteiger partial charge in [0.15, 0.2) is 0 Å². The van der Waals surface area contributed by atoms with Gasteiger partial charge in [0, 0.05) is 11.4 Å². The number of nitrogens with zero attached hydrogens (tertiary/aromatic N) is 2. The van der Waals surface area contributed by atoms with E-state index in [2.05, 4.69) is 19.0 Å². The predicted octanol–water partition coefficient (Wildman–Crippen LogP) is 0.431. The Morgan fingerprint density at radius 3 is 2.47 bits per heavy atom. The molecule has 0 amide bonds. The number of rotatable bonds is 5. The zero-order chi connectivity index (χ0) is 11.5. The Hall–Kier alpha value is -0.570. The molecule has 0 radical (unpaired) electrons. The van der Waals surface area contributed by atoms with Gasteiger partial charge in [-0.05, 0) is 32.3 Å². The quantitative estimate of drug-likeness (QED) is 0.794. The van der Waals surface area contributed by atoms with Crippen LogP contribution in [0.3, 0.4) is 0 Å². The number of hydrogen-bond donors (Lipinski definition) is 2. The van der Waals surface area contributed by atoms with E-state index in [4.69, 9.17) is 0 Å². The number of aromatic nitrogens is 2. The second kappa shape index (κ2) is 4.97. The summed E-state index contributed by atoms with van der Waals surface area (Å²) in [6, 6.07) is -0.511. The molecule has 0 aliphatic heterocycles. The van der Waals surface area contributed by atoms with Gasteiger partial charge in [0.25, 0.3) is 10.2 Å². The van der Waals surface area contributed by atoms with Gasteiger partial charge in [0.1, 0.15) is 0 Å². The van der Waals surface area contributed by atoms with Crippen LogP contribution in [-0.2, 0) is 10.2 Å². The summed E-state index contributed by atoms with van der Waals surface area (Å²) in [6.45, 7) is 5.23. The molecule has 0 aliphatic carbocycles. The molecular weight excluding hydrogens is 236 g/mol. The van der Waals surface area contributed by atoms with E-state index in [9.17, 15) is 8.42 Å². The molecule has 15 heavy (non-hydrogen) atoms. The minimum atomic E-state index is -3.47. The van der Waals surface area contributed by atoms with Gasteiger partial charge in [0.05, 0.1) is 11.7 Å². The van der Waals surface area contributed by atoms with Gasteiger partial charge in [-0.2, -0.15) is 17.9 Å². The van der Waals surface area contributed by atoms with E-state index < -0.39 is 10.2 Å². The summed E-state index contributed by atoms with van der Waals surface area (Å²) in [4.78, 5) is 0. The molecule has 0 saturated heterocycles. The Morgan fingerprint density at radius 2 is 2.00 bits per heavy atom. The van der Waals surface area contributed by atoms with E-state index in [1.807, 2.05) is 0 Å². The Labute approximate surface area is 93.4 Å². The second-order valence-electron chi connectivity index (χ2n) is 3.45. The van der Waals surface area contributed by atoms with E-state index >= 15 is 0 Å². The van der Waals surface area contributed by atoms with Crippen LogP contribution in [-0.4, -0.2) is 24.0 Å². The molecule has 1 aromatic rings. The minimum absolute atomic E-state index is 0.136. The lowest BCUT2D eigenvalue weighted by Crippen LogP contribution is -2.41. The third kappa shape index (κ3) is 4.20. The largest absolute Gasteiger partial charge is 0.277 e. The summed E-state index contributed by atoms with van der Waals surface area (Å²) in [5.74, 6) is 0. The normalized spacial score (nSPS) is 14.4. The zero-order valence-electron chi connectivity index (χ0n) is 8.76. The van der Waals surface area contributed by atoms with Crippen molar-refractivity contribution in [1.82, 2.24) is 19.0 Å². The lowest BCUT2D eigenvalue weighted by atomic mass is 10.3. The van der Waals surface area contributed by atoms with Crippen LogP contribution < -0.4 is 9.44 Å². The number of nitrogens with one attached hydrogen (secondary N) is 2. The molecular formula is C7H14N4O2S2. The second-order valence-corrected chi connectivity index (χ2v) is 5.53. The van der Waals surface area contributed by atoms with Crippen LogP contribution in [0.5, 0.6) is 0 Å². The van der Waals surface area contributed by atoms with E-state index in [1.165, 1.54) is 11.5 Å². The molecule has 1 rings (SSSR count). The lowest BCUT2D eigenvalue weighted by molar-refractivity contribution is 0.539. The average Bonchev–Trinajstić information content (AvgIpc) is 2.50. The van der Waals surface area contributed by atoms with Gasteiger partial charge in [-0.25, -0.2) is 0 Å². The van der Waals surface area contributed by atoms with Crippen molar-refractivity contribution in [2.45, 2.75) is 32.9 Å². The zero-order valence-corrected chi connectivity index (χ0v) is 10.4. The summed E-state index contributed by atoms with van der Waals surface area (Å²) >= 11 is 1.19. The first-order chi connectivity index (χ1) is 6.91. The third-order valence-corrected chi connectivity index (χ3v) is 3.51. The summed E-state index contributed by atoms with van der Waals surface area (Å²) in [6.07, 6.45) is 0. The fourth-order valence-electron chi connectivity index (χ4n) is 0.998. The molecule has 0 bridgehead atoms. The van der Waals surface area contributed by atoms with Gasteiger partial charge in [-0.15, -0.1) is 5.10 Å². The van der Waals surface area contributed by atoms with Crippen molar-refractivity contribution >= 4 is 21.7 Å². The number of hydrogen-bond acceptors (Lipinski definition) is 5. The summed E-state index contributed by atoms with van der Waals surface area (Å²) in [5.41, 5.74) is 0.620. The highest BCUT2D eigenvalue weighted by Crippen LogP contribution is 2.10. The molecule has 1 atom stereocenters. The first-order valence-corrected chi connectivity index (χ1v) is 6.79.